The molecule has 23 heavy (non-hydrogen) atoms. The van der Waals surface area contributed by atoms with Gasteiger partial charge in [0, 0.05) is 50.3 Å². The highest BCUT2D eigenvalue weighted by Crippen LogP contribution is 2.36. The van der Waals surface area contributed by atoms with Gasteiger partial charge in [-0.05, 0) is 12.5 Å². The van der Waals surface area contributed by atoms with E-state index in [0.29, 0.717) is 31.7 Å². The van der Waals surface area contributed by atoms with E-state index in [4.69, 9.17) is 0 Å². The maximum atomic E-state index is 12.5. The van der Waals surface area contributed by atoms with Gasteiger partial charge in [-0.1, -0.05) is 6.07 Å². The van der Waals surface area contributed by atoms with Gasteiger partial charge in [0.25, 0.3) is 0 Å². The molecule has 134 valence electrons. The van der Waals surface area contributed by atoms with Crippen molar-refractivity contribution in [3.63, 3.8) is 0 Å². The molecule has 2 rings (SSSR count). The maximum Gasteiger partial charge on any atom is 0.389 e. The number of halogens is 5. The molecule has 0 spiro atoms. The van der Waals surface area contributed by atoms with Gasteiger partial charge in [-0.2, -0.15) is 13.2 Å². The number of hydrogen-bond acceptors (Lipinski definition) is 4. The molecule has 0 radical (unpaired) electrons. The van der Waals surface area contributed by atoms with Gasteiger partial charge in [0.1, 0.15) is 11.5 Å². The number of phenolic OH excluding ortho intramolecular Hbond substituents is 2. The lowest BCUT2D eigenvalue weighted by molar-refractivity contribution is -0.138. The van der Waals surface area contributed by atoms with Crippen LogP contribution in [-0.4, -0.2) is 47.5 Å². The van der Waals surface area contributed by atoms with Crippen LogP contribution in [0.1, 0.15) is 24.4 Å². The monoisotopic (exact) mass is 376 g/mol. The number of aromatic hydroxyl groups is 2. The lowest BCUT2D eigenvalue weighted by Crippen LogP contribution is -2.45. The minimum absolute atomic E-state index is 0. The molecule has 1 heterocycles. The molecule has 1 aliphatic rings. The molecule has 1 saturated heterocycles. The summed E-state index contributed by atoms with van der Waals surface area (Å²) in [6, 6.07) is 3.54. The van der Waals surface area contributed by atoms with Crippen molar-refractivity contribution in [3.05, 3.63) is 23.8 Å². The zero-order valence-corrected chi connectivity index (χ0v) is 14.0. The molecule has 9 heteroatoms. The summed E-state index contributed by atoms with van der Waals surface area (Å²) >= 11 is 0. The van der Waals surface area contributed by atoms with Crippen LogP contribution in [0.4, 0.5) is 13.2 Å². The number of hydrogen-bond donors (Lipinski definition) is 3. The van der Waals surface area contributed by atoms with Crippen LogP contribution in [0.2, 0.25) is 0 Å². The first kappa shape index (κ1) is 22.1. The fourth-order valence-electron chi connectivity index (χ4n) is 2.64. The van der Waals surface area contributed by atoms with Crippen LogP contribution < -0.4 is 5.32 Å². The molecule has 4 nitrogen and oxygen atoms in total. The Bertz CT molecular complexity index is 484. The van der Waals surface area contributed by atoms with E-state index >= 15 is 0 Å². The van der Waals surface area contributed by atoms with E-state index in [0.717, 1.165) is 6.07 Å². The van der Waals surface area contributed by atoms with Crippen LogP contribution in [0, 0.1) is 0 Å². The van der Waals surface area contributed by atoms with Crippen molar-refractivity contribution in [3.8, 4) is 11.5 Å². The number of piperazine rings is 1. The van der Waals surface area contributed by atoms with Gasteiger partial charge in [0.2, 0.25) is 0 Å². The summed E-state index contributed by atoms with van der Waals surface area (Å²) in [5.41, 5.74) is 0.430. The van der Waals surface area contributed by atoms with Crippen molar-refractivity contribution in [2.75, 3.05) is 26.2 Å². The van der Waals surface area contributed by atoms with Crippen LogP contribution >= 0.6 is 24.8 Å². The van der Waals surface area contributed by atoms with Crippen LogP contribution in [-0.2, 0) is 0 Å². The maximum absolute atomic E-state index is 12.5. The molecule has 3 N–H and O–H groups in total. The van der Waals surface area contributed by atoms with Crippen molar-refractivity contribution in [2.24, 2.45) is 0 Å². The molecule has 1 aromatic carbocycles. The highest BCUT2D eigenvalue weighted by Gasteiger charge is 2.32. The number of benzene rings is 1. The largest absolute Gasteiger partial charge is 0.508 e. The van der Waals surface area contributed by atoms with Gasteiger partial charge in [0.05, 0.1) is 0 Å². The molecule has 1 aromatic rings. The van der Waals surface area contributed by atoms with Gasteiger partial charge in [-0.3, -0.25) is 4.90 Å². The molecule has 0 unspecified atom stereocenters. The normalized spacial score (nSPS) is 17.0. The Morgan fingerprint density at radius 3 is 2.26 bits per heavy atom. The Hall–Kier alpha value is -0.890. The minimum atomic E-state index is -4.22. The first-order chi connectivity index (χ1) is 9.87. The second kappa shape index (κ2) is 9.42. The van der Waals surface area contributed by atoms with E-state index < -0.39 is 18.6 Å². The lowest BCUT2D eigenvalue weighted by Gasteiger charge is -2.35. The molecule has 1 fully saturated rings. The second-order valence-corrected chi connectivity index (χ2v) is 5.20. The van der Waals surface area contributed by atoms with Crippen LogP contribution in [0.25, 0.3) is 0 Å². The van der Waals surface area contributed by atoms with Crippen molar-refractivity contribution < 1.29 is 23.4 Å². The predicted molar refractivity (Wildman–Crippen MR) is 86.7 cm³/mol. The number of phenols is 2. The first-order valence-electron chi connectivity index (χ1n) is 6.90. The fourth-order valence-corrected chi connectivity index (χ4v) is 2.64. The third kappa shape index (κ3) is 6.63. The van der Waals surface area contributed by atoms with E-state index in [2.05, 4.69) is 5.32 Å². The molecule has 0 aliphatic carbocycles. The third-order valence-corrected chi connectivity index (χ3v) is 3.67. The SMILES string of the molecule is Cl.Cl.Oc1ccc([C@H](CCC(F)(F)F)N2CCNCC2)c(O)c1. The number of alkyl halides is 3. The summed E-state index contributed by atoms with van der Waals surface area (Å²) in [5.74, 6) is -0.271. The molecule has 0 aromatic heterocycles. The third-order valence-electron chi connectivity index (χ3n) is 3.67. The Morgan fingerprint density at radius 2 is 1.74 bits per heavy atom. The summed E-state index contributed by atoms with van der Waals surface area (Å²) < 4.78 is 37.6. The second-order valence-electron chi connectivity index (χ2n) is 5.20. The summed E-state index contributed by atoms with van der Waals surface area (Å²) in [6.45, 7) is 2.68. The Morgan fingerprint density at radius 1 is 1.13 bits per heavy atom. The van der Waals surface area contributed by atoms with Crippen molar-refractivity contribution in [1.82, 2.24) is 10.2 Å². The Kier molecular flexibility index (Phi) is 9.05. The molecular weight excluding hydrogens is 356 g/mol. The topological polar surface area (TPSA) is 55.7 Å². The minimum Gasteiger partial charge on any atom is -0.508 e. The molecule has 0 amide bonds. The molecule has 0 bridgehead atoms. The van der Waals surface area contributed by atoms with E-state index in [1.54, 1.807) is 0 Å². The number of nitrogens with zero attached hydrogens (tertiary/aromatic N) is 1. The Labute approximate surface area is 145 Å². The highest BCUT2D eigenvalue weighted by molar-refractivity contribution is 5.85. The Balaban J connectivity index is 0.00000242. The summed E-state index contributed by atoms with van der Waals surface area (Å²) in [4.78, 5) is 1.94. The molecule has 1 atom stereocenters. The van der Waals surface area contributed by atoms with E-state index in [1.807, 2.05) is 4.90 Å². The highest BCUT2D eigenvalue weighted by atomic mass is 35.5. The number of rotatable bonds is 4. The zero-order valence-electron chi connectivity index (χ0n) is 12.3. The van der Waals surface area contributed by atoms with Gasteiger partial charge in [-0.25, -0.2) is 0 Å². The standard InChI is InChI=1S/C14H19F3N2O2.2ClH/c15-14(16,17)4-3-12(19-7-5-18-6-8-19)11-2-1-10(20)9-13(11)21;;/h1-2,9,12,18,20-21H,3-8H2;2*1H/t12-;;/m0../s1. The van der Waals surface area contributed by atoms with E-state index in [-0.39, 0.29) is 42.7 Å². The average Bonchev–Trinajstić information content (AvgIpc) is 2.41. The summed E-state index contributed by atoms with van der Waals surface area (Å²) in [5, 5.41) is 22.4. The van der Waals surface area contributed by atoms with Crippen LogP contribution in [0.3, 0.4) is 0 Å². The predicted octanol–water partition coefficient (Wildman–Crippen LogP) is 3.23. The average molecular weight is 377 g/mol. The zero-order chi connectivity index (χ0) is 15.5. The van der Waals surface area contributed by atoms with Crippen LogP contribution in [0.15, 0.2) is 18.2 Å². The van der Waals surface area contributed by atoms with Crippen molar-refractivity contribution >= 4 is 24.8 Å². The molecule has 0 saturated carbocycles. The van der Waals surface area contributed by atoms with Crippen molar-refractivity contribution in [1.29, 1.82) is 0 Å². The number of nitrogens with one attached hydrogen (secondary N) is 1. The summed E-state index contributed by atoms with van der Waals surface area (Å²) in [6.07, 6.45) is -5.23. The lowest BCUT2D eigenvalue weighted by atomic mass is 9.98. The quantitative estimate of drug-likeness (QED) is 0.754. The molecule has 1 aliphatic heterocycles. The smallest absolute Gasteiger partial charge is 0.389 e. The van der Waals surface area contributed by atoms with Gasteiger partial charge in [-0.15, -0.1) is 24.8 Å². The molecular formula is C14H21Cl2F3N2O2. The summed E-state index contributed by atoms with van der Waals surface area (Å²) in [7, 11) is 0. The van der Waals surface area contributed by atoms with Crippen LogP contribution in [0.5, 0.6) is 11.5 Å². The van der Waals surface area contributed by atoms with Gasteiger partial charge < -0.3 is 15.5 Å². The van der Waals surface area contributed by atoms with Gasteiger partial charge >= 0.3 is 6.18 Å². The van der Waals surface area contributed by atoms with Gasteiger partial charge in [0.15, 0.2) is 0 Å². The van der Waals surface area contributed by atoms with Crippen molar-refractivity contribution in [2.45, 2.75) is 25.1 Å². The van der Waals surface area contributed by atoms with E-state index in [9.17, 15) is 23.4 Å². The van der Waals surface area contributed by atoms with E-state index in [1.165, 1.54) is 12.1 Å². The first-order valence-corrected chi connectivity index (χ1v) is 6.90. The fraction of sp³-hybridized carbons (Fsp3) is 0.571.